The van der Waals surface area contributed by atoms with Crippen molar-refractivity contribution in [3.05, 3.63) is 36.2 Å². The molecule has 0 aliphatic rings. The molecule has 7 nitrogen and oxygen atoms in total. The van der Waals surface area contributed by atoms with E-state index in [0.717, 1.165) is 12.4 Å². The number of hydrogen-bond donors (Lipinski definition) is 2. The minimum atomic E-state index is -4.64. The summed E-state index contributed by atoms with van der Waals surface area (Å²) in [6.07, 6.45) is -3.67. The number of carbonyl (C=O) groups excluding carboxylic acids is 1. The van der Waals surface area contributed by atoms with Gasteiger partial charge in [0.05, 0.1) is 18.4 Å². The van der Waals surface area contributed by atoms with Crippen LogP contribution in [0.1, 0.15) is 32.8 Å². The van der Waals surface area contributed by atoms with Gasteiger partial charge in [0.2, 0.25) is 0 Å². The Labute approximate surface area is 172 Å². The molecule has 1 aromatic carbocycles. The van der Waals surface area contributed by atoms with E-state index in [2.05, 4.69) is 20.0 Å². The van der Waals surface area contributed by atoms with Crippen molar-refractivity contribution in [2.45, 2.75) is 38.9 Å². The number of carbonyl (C=O) groups is 1. The molecule has 0 unspecified atom stereocenters. The summed E-state index contributed by atoms with van der Waals surface area (Å²) in [6.45, 7) is 5.64. The predicted octanol–water partition coefficient (Wildman–Crippen LogP) is 4.48. The molecular weight excluding hydrogens is 401 g/mol. The second-order valence-electron chi connectivity index (χ2n) is 7.65. The maximum atomic E-state index is 13.7. The van der Waals surface area contributed by atoms with E-state index in [4.69, 9.17) is 10.5 Å². The van der Waals surface area contributed by atoms with E-state index < -0.39 is 23.4 Å². The Kier molecular flexibility index (Phi) is 7.25. The van der Waals surface area contributed by atoms with Crippen molar-refractivity contribution in [1.29, 1.82) is 0 Å². The fraction of sp³-hybridized carbons (Fsp3) is 0.450. The Hall–Kier alpha value is -2.88. The summed E-state index contributed by atoms with van der Waals surface area (Å²) in [5.74, 6) is 0.0561. The zero-order valence-electron chi connectivity index (χ0n) is 17.2. The average molecular weight is 426 g/mol. The molecular formula is C20H25F3N4O3. The predicted molar refractivity (Wildman–Crippen MR) is 106 cm³/mol. The normalized spacial score (nSPS) is 13.6. The molecule has 0 bridgehead atoms. The van der Waals surface area contributed by atoms with Gasteiger partial charge in [0.15, 0.2) is 0 Å². The number of nitrogens with zero attached hydrogens (tertiary/aromatic N) is 2. The molecule has 0 fully saturated rings. The van der Waals surface area contributed by atoms with Crippen molar-refractivity contribution in [1.82, 2.24) is 9.97 Å². The minimum Gasteiger partial charge on any atom is -0.491 e. The van der Waals surface area contributed by atoms with E-state index in [1.807, 2.05) is 13.8 Å². The first-order chi connectivity index (χ1) is 13.9. The number of nitrogens with two attached hydrogens (primary N) is 1. The van der Waals surface area contributed by atoms with E-state index in [0.29, 0.717) is 6.42 Å². The van der Waals surface area contributed by atoms with Crippen LogP contribution in [0.2, 0.25) is 0 Å². The fourth-order valence-electron chi connectivity index (χ4n) is 3.01. The van der Waals surface area contributed by atoms with Gasteiger partial charge < -0.3 is 15.2 Å². The summed E-state index contributed by atoms with van der Waals surface area (Å²) in [5.41, 5.74) is 4.81. The monoisotopic (exact) mass is 426 g/mol. The number of benzene rings is 1. The first-order valence-corrected chi connectivity index (χ1v) is 9.21. The third-order valence-corrected chi connectivity index (χ3v) is 4.10. The number of aromatic nitrogens is 2. The van der Waals surface area contributed by atoms with Gasteiger partial charge in [0, 0.05) is 17.2 Å². The Morgan fingerprint density at radius 3 is 2.53 bits per heavy atom. The van der Waals surface area contributed by atoms with Crippen molar-refractivity contribution >= 4 is 11.9 Å². The zero-order valence-corrected chi connectivity index (χ0v) is 17.2. The van der Waals surface area contributed by atoms with E-state index in [9.17, 15) is 18.0 Å². The van der Waals surface area contributed by atoms with Crippen LogP contribution in [-0.4, -0.2) is 35.3 Å². The lowest BCUT2D eigenvalue weighted by Crippen LogP contribution is -2.43. The lowest BCUT2D eigenvalue weighted by molar-refractivity contribution is -0.139. The van der Waals surface area contributed by atoms with Gasteiger partial charge in [0.1, 0.15) is 24.5 Å². The van der Waals surface area contributed by atoms with Crippen molar-refractivity contribution in [3.8, 4) is 17.0 Å². The molecule has 3 N–H and O–H groups in total. The smallest absolute Gasteiger partial charge is 0.419 e. The first kappa shape index (κ1) is 23.4. The second-order valence-corrected chi connectivity index (χ2v) is 7.65. The molecule has 0 saturated carbocycles. The van der Waals surface area contributed by atoms with Crippen LogP contribution in [0.5, 0.6) is 5.75 Å². The summed E-state index contributed by atoms with van der Waals surface area (Å²) in [4.78, 5) is 19.1. The molecule has 164 valence electrons. The summed E-state index contributed by atoms with van der Waals surface area (Å²) in [6, 6.07) is 4.96. The van der Waals surface area contributed by atoms with Crippen LogP contribution < -0.4 is 15.8 Å². The number of halogens is 3. The largest absolute Gasteiger partial charge is 0.491 e. The van der Waals surface area contributed by atoms with Gasteiger partial charge >= 0.3 is 12.3 Å². The number of methoxy groups -OCH3 is 1. The molecule has 0 aliphatic carbocycles. The van der Waals surface area contributed by atoms with Gasteiger partial charge in [0.25, 0.3) is 0 Å². The van der Waals surface area contributed by atoms with Gasteiger partial charge in [-0.25, -0.2) is 14.8 Å². The van der Waals surface area contributed by atoms with Crippen molar-refractivity contribution in [3.63, 3.8) is 0 Å². The highest BCUT2D eigenvalue weighted by Crippen LogP contribution is 2.39. The summed E-state index contributed by atoms with van der Waals surface area (Å²) >= 11 is 0. The summed E-state index contributed by atoms with van der Waals surface area (Å²) in [5, 5.41) is 2.34. The Bertz CT molecular complexity index is 886. The molecule has 1 atom stereocenters. The van der Waals surface area contributed by atoms with Gasteiger partial charge in [-0.3, -0.25) is 5.32 Å². The molecule has 0 saturated heterocycles. The van der Waals surface area contributed by atoms with Gasteiger partial charge in [-0.2, -0.15) is 13.2 Å². The molecule has 1 amide bonds. The Balaban J connectivity index is 2.33. The molecule has 30 heavy (non-hydrogen) atoms. The SMILES string of the molecule is COC(=O)Nc1cc(-c2ccc(OC[C@@](C)(N)CC(C)C)c(C(F)(F)F)c2)ncn1. The number of nitrogens with one attached hydrogen (secondary N) is 1. The third kappa shape index (κ3) is 6.58. The highest BCUT2D eigenvalue weighted by molar-refractivity contribution is 5.84. The van der Waals surface area contributed by atoms with Crippen molar-refractivity contribution in [2.75, 3.05) is 19.0 Å². The molecule has 2 aromatic rings. The highest BCUT2D eigenvalue weighted by Gasteiger charge is 2.35. The fourth-order valence-corrected chi connectivity index (χ4v) is 3.01. The molecule has 2 rings (SSSR count). The van der Waals surface area contributed by atoms with Crippen LogP contribution in [0.3, 0.4) is 0 Å². The molecule has 1 heterocycles. The summed E-state index contributed by atoms with van der Waals surface area (Å²) in [7, 11) is 1.18. The van der Waals surface area contributed by atoms with Gasteiger partial charge in [-0.15, -0.1) is 0 Å². The topological polar surface area (TPSA) is 99.4 Å². The number of alkyl halides is 3. The number of rotatable bonds is 7. The van der Waals surface area contributed by atoms with E-state index in [1.165, 1.54) is 25.3 Å². The van der Waals surface area contributed by atoms with E-state index >= 15 is 0 Å². The standard InChI is InChI=1S/C20H25F3N4O3/c1-12(2)9-19(3,24)10-30-16-6-5-13(7-14(16)20(21,22)23)15-8-17(26-11-25-15)27-18(28)29-4/h5-8,11-12H,9-10,24H2,1-4H3,(H,25,26,27,28)/t19-/m0/s1. The maximum absolute atomic E-state index is 13.7. The minimum absolute atomic E-state index is 0.0612. The van der Waals surface area contributed by atoms with Crippen LogP contribution in [0, 0.1) is 5.92 Å². The van der Waals surface area contributed by atoms with Gasteiger partial charge in [-0.1, -0.05) is 13.8 Å². The molecule has 0 aliphatic heterocycles. The van der Waals surface area contributed by atoms with E-state index in [1.54, 1.807) is 6.92 Å². The van der Waals surface area contributed by atoms with E-state index in [-0.39, 0.29) is 35.3 Å². The quantitative estimate of drug-likeness (QED) is 0.677. The maximum Gasteiger partial charge on any atom is 0.419 e. The van der Waals surface area contributed by atoms with Crippen molar-refractivity contribution in [2.24, 2.45) is 11.7 Å². The Morgan fingerprint density at radius 1 is 1.23 bits per heavy atom. The number of anilines is 1. The molecule has 1 aromatic heterocycles. The third-order valence-electron chi connectivity index (χ3n) is 4.10. The molecule has 0 spiro atoms. The molecule has 0 radical (unpaired) electrons. The first-order valence-electron chi connectivity index (χ1n) is 9.21. The van der Waals surface area contributed by atoms with Crippen LogP contribution in [-0.2, 0) is 10.9 Å². The number of ether oxygens (including phenoxy) is 2. The average Bonchev–Trinajstić information content (AvgIpc) is 2.64. The van der Waals surface area contributed by atoms with Crippen LogP contribution >= 0.6 is 0 Å². The molecule has 10 heteroatoms. The lowest BCUT2D eigenvalue weighted by atomic mass is 9.93. The highest BCUT2D eigenvalue weighted by atomic mass is 19.4. The number of hydrogen-bond acceptors (Lipinski definition) is 6. The Morgan fingerprint density at radius 2 is 1.93 bits per heavy atom. The summed E-state index contributed by atoms with van der Waals surface area (Å²) < 4.78 is 50.9. The van der Waals surface area contributed by atoms with Gasteiger partial charge in [-0.05, 0) is 37.5 Å². The van der Waals surface area contributed by atoms with Crippen LogP contribution in [0.4, 0.5) is 23.8 Å². The number of amides is 1. The van der Waals surface area contributed by atoms with Crippen LogP contribution in [0.15, 0.2) is 30.6 Å². The second kappa shape index (κ2) is 9.29. The van der Waals surface area contributed by atoms with Crippen LogP contribution in [0.25, 0.3) is 11.3 Å². The lowest BCUT2D eigenvalue weighted by Gasteiger charge is -2.27. The zero-order chi connectivity index (χ0) is 22.5. The van der Waals surface area contributed by atoms with Crippen molar-refractivity contribution < 1.29 is 27.4 Å².